The van der Waals surface area contributed by atoms with Crippen molar-refractivity contribution >= 4 is 34.4 Å². The van der Waals surface area contributed by atoms with Crippen molar-refractivity contribution in [1.29, 1.82) is 0 Å². The molecule has 2 N–H and O–H groups in total. The van der Waals surface area contributed by atoms with Crippen LogP contribution in [0.5, 0.6) is 0 Å². The third-order valence-corrected chi connectivity index (χ3v) is 14.0. The van der Waals surface area contributed by atoms with E-state index in [0.717, 1.165) is 35.5 Å². The lowest BCUT2D eigenvalue weighted by Crippen LogP contribution is -3.12. The van der Waals surface area contributed by atoms with Crippen molar-refractivity contribution in [2.75, 3.05) is 28.3 Å². The van der Waals surface area contributed by atoms with Gasteiger partial charge in [-0.15, -0.1) is 0 Å². The molecule has 0 amide bonds. The molecule has 0 saturated carbocycles. The molecule has 0 aromatic rings. The summed E-state index contributed by atoms with van der Waals surface area (Å²) in [5.74, 6) is 7.62. The molecule has 0 saturated heterocycles. The van der Waals surface area contributed by atoms with Gasteiger partial charge >= 0.3 is 0 Å². The molecule has 1 atom stereocenters. The third-order valence-electron chi connectivity index (χ3n) is 13.0. The second-order valence-electron chi connectivity index (χ2n) is 25.0. The standard InChI is InChI=1S/C9H20O2.C8H19NO.C8H14O2.2C8H18.C7H17NO.C7H14O.C7H14S/c1-7(2)9(10-5,11-6)8(3)4;1-6(2)8(7(3)4)9(5)10;1-5(2)7(9)8(10)6(3)4;2*1-6(2)8(5)7(3)4;1-6(2)8(5)9-7(3)4;2*1-5(2)7(8)6(3)4/h7-8H,1-6H3;6-8,10H,1-5H3;5-6H,1-4H3;2*6-8H,1-5H3;6-7H,1-5H3;2*5-6H,1-4H3/p+1. The Balaban J connectivity index is -0.000000109. The summed E-state index contributed by atoms with van der Waals surface area (Å²) in [6.07, 6.45) is 0.289. The van der Waals surface area contributed by atoms with Gasteiger partial charge in [0.2, 0.25) is 11.6 Å². The number of hydrogen-bond acceptors (Lipinski definition) is 9. The van der Waals surface area contributed by atoms with E-state index in [-0.39, 0.29) is 41.3 Å². The molecular weight excluding hydrogens is 917 g/mol. The first-order valence-electron chi connectivity index (χ1n) is 28.4. The number of ether oxygens (including phenoxy) is 2. The van der Waals surface area contributed by atoms with Crippen molar-refractivity contribution in [3.05, 3.63) is 0 Å². The van der Waals surface area contributed by atoms with Gasteiger partial charge < -0.3 is 9.47 Å². The number of rotatable bonds is 21. The van der Waals surface area contributed by atoms with E-state index in [4.69, 9.17) is 26.5 Å². The molecule has 0 aromatic heterocycles. The zero-order chi connectivity index (χ0) is 60.1. The summed E-state index contributed by atoms with van der Waals surface area (Å²) in [6, 6.07) is 0.826. The summed E-state index contributed by atoms with van der Waals surface area (Å²) >= 11 is 5.10. The number of nitrogens with zero attached hydrogens (tertiary/aromatic N) is 1. The van der Waals surface area contributed by atoms with E-state index >= 15 is 0 Å². The van der Waals surface area contributed by atoms with E-state index in [1.165, 1.54) is 4.86 Å². The molecule has 10 heteroatoms. The Morgan fingerprint density at radius 1 is 0.444 bits per heavy atom. The first-order valence-corrected chi connectivity index (χ1v) is 28.8. The molecule has 0 spiro atoms. The van der Waals surface area contributed by atoms with Crippen LogP contribution >= 0.6 is 12.2 Å². The molecule has 0 radical (unpaired) electrons. The summed E-state index contributed by atoms with van der Waals surface area (Å²) in [5, 5.41) is 11.7. The monoisotopic (exact) mass is 1050 g/mol. The predicted molar refractivity (Wildman–Crippen MR) is 322 cm³/mol. The predicted octanol–water partition coefficient (Wildman–Crippen LogP) is 16.4. The maximum Gasteiger partial charge on any atom is 0.201 e. The Bertz CT molecular complexity index is 1140. The van der Waals surface area contributed by atoms with Crippen LogP contribution < -0.4 is 5.06 Å². The first-order chi connectivity index (χ1) is 32.2. The van der Waals surface area contributed by atoms with Crippen molar-refractivity contribution in [3.63, 3.8) is 0 Å². The first kappa shape index (κ1) is 87.5. The number of thiocarbonyl (C=S) groups is 1. The van der Waals surface area contributed by atoms with E-state index in [1.54, 1.807) is 49.0 Å². The van der Waals surface area contributed by atoms with Gasteiger partial charge in [-0.1, -0.05) is 220 Å². The van der Waals surface area contributed by atoms with Crippen molar-refractivity contribution in [2.24, 2.45) is 94.7 Å². The zero-order valence-electron chi connectivity index (χ0n) is 55.7. The molecule has 0 aliphatic heterocycles. The van der Waals surface area contributed by atoms with E-state index in [0.29, 0.717) is 58.4 Å². The number of carbonyl (C=O) groups excluding carboxylic acids is 3. The number of ketones is 3. The Labute approximate surface area is 458 Å². The second kappa shape index (κ2) is 48.2. The van der Waals surface area contributed by atoms with Crippen LogP contribution in [0, 0.1) is 94.7 Å². The summed E-state index contributed by atoms with van der Waals surface area (Å²) in [6.45, 7) is 71.4. The lowest BCUT2D eigenvalue weighted by Gasteiger charge is -2.38. The number of methoxy groups -OCH3 is 2. The highest BCUT2D eigenvalue weighted by atomic mass is 32.1. The number of carbonyl (C=O) groups is 3. The van der Waals surface area contributed by atoms with Crippen molar-refractivity contribution in [2.45, 2.75) is 259 Å². The maximum absolute atomic E-state index is 10.9. The Hall–Kier alpha value is -1.14. The average Bonchev–Trinajstić information content (AvgIpc) is 3.22. The van der Waals surface area contributed by atoms with Crippen LogP contribution in [0.15, 0.2) is 0 Å². The highest BCUT2D eigenvalue weighted by Gasteiger charge is 2.37. The second-order valence-corrected chi connectivity index (χ2v) is 25.5. The van der Waals surface area contributed by atoms with Crippen LogP contribution in [0.3, 0.4) is 0 Å². The molecule has 72 heavy (non-hydrogen) atoms. The molecule has 0 fully saturated rings. The fraction of sp³-hybridized carbons (Fsp3) is 0.935. The number of Topliss-reactive ketones (excluding diaryl/α,β-unsaturated/α-hetero) is 3. The zero-order valence-corrected chi connectivity index (χ0v) is 56.5. The SMILES string of the molecule is CC(C)C(=O)C(=O)C(C)C.CC(C)C(=O)C(C)C.CC(C)C(=S)C(C)C.CC(C)C(C(C)C)[NH+](C)O.CC(C)C(C)C(C)C.CC(C)C(C)C(C)C.CC(C)ON(C)C(C)C.COC(OC)(C(C)C)C(C)C. The summed E-state index contributed by atoms with van der Waals surface area (Å²) in [5.41, 5.74) is 0. The molecule has 0 rings (SSSR count). The Kier molecular flexibility index (Phi) is 58.6. The highest BCUT2D eigenvalue weighted by Crippen LogP contribution is 2.30. The number of nitrogens with one attached hydrogen (secondary N) is 1. The molecular formula is C62H135N2O7S+. The summed E-state index contributed by atoms with van der Waals surface area (Å²) in [7, 11) is 7.14. The van der Waals surface area contributed by atoms with Crippen LogP contribution in [-0.4, -0.2) is 84.8 Å². The summed E-state index contributed by atoms with van der Waals surface area (Å²) in [4.78, 5) is 39.2. The van der Waals surface area contributed by atoms with Gasteiger partial charge in [0.25, 0.3) is 0 Å². The van der Waals surface area contributed by atoms with Crippen molar-refractivity contribution in [1.82, 2.24) is 5.06 Å². The number of hydrogen-bond donors (Lipinski definition) is 2. The summed E-state index contributed by atoms with van der Waals surface area (Å²) < 4.78 is 10.8. The lowest BCUT2D eigenvalue weighted by molar-refractivity contribution is -1.10. The largest absolute Gasteiger partial charge is 0.353 e. The van der Waals surface area contributed by atoms with E-state index in [9.17, 15) is 19.6 Å². The molecule has 0 aromatic carbocycles. The van der Waals surface area contributed by atoms with Crippen LogP contribution in [0.25, 0.3) is 0 Å². The Morgan fingerprint density at radius 3 is 0.722 bits per heavy atom. The molecule has 0 bridgehead atoms. The van der Waals surface area contributed by atoms with Gasteiger partial charge in [0.15, 0.2) is 5.79 Å². The molecule has 0 aliphatic rings. The fourth-order valence-corrected chi connectivity index (χ4v) is 7.32. The smallest absolute Gasteiger partial charge is 0.201 e. The molecule has 9 nitrogen and oxygen atoms in total. The van der Waals surface area contributed by atoms with Gasteiger partial charge in [-0.3, -0.25) is 19.2 Å². The van der Waals surface area contributed by atoms with Crippen LogP contribution in [0.1, 0.15) is 235 Å². The Morgan fingerprint density at radius 2 is 0.694 bits per heavy atom. The maximum atomic E-state index is 10.9. The van der Waals surface area contributed by atoms with Gasteiger partial charge in [0, 0.05) is 74.7 Å². The topological polar surface area (TPSA) is 107 Å². The molecule has 440 valence electrons. The number of quaternary nitrogens is 1. The minimum atomic E-state index is -0.417. The molecule has 1 unspecified atom stereocenters. The van der Waals surface area contributed by atoms with E-state index in [1.807, 2.05) is 53.7 Å². The number of hydroxylamine groups is 4. The van der Waals surface area contributed by atoms with Crippen molar-refractivity contribution < 1.29 is 39.0 Å². The van der Waals surface area contributed by atoms with Gasteiger partial charge in [0.1, 0.15) is 11.8 Å². The third kappa shape index (κ3) is 48.5. The van der Waals surface area contributed by atoms with Gasteiger partial charge in [-0.2, -0.15) is 10.1 Å². The van der Waals surface area contributed by atoms with Crippen molar-refractivity contribution in [3.8, 4) is 0 Å². The van der Waals surface area contributed by atoms with Crippen LogP contribution in [-0.2, 0) is 28.7 Å². The van der Waals surface area contributed by atoms with Gasteiger partial charge in [-0.05, 0) is 79.9 Å². The quantitative estimate of drug-likeness (QED) is 0.0503. The minimum absolute atomic E-state index is 0.157. The van der Waals surface area contributed by atoms with Gasteiger partial charge in [0.05, 0.1) is 13.2 Å². The normalized spacial score (nSPS) is 12.2. The average molecular weight is 1050 g/mol. The van der Waals surface area contributed by atoms with Crippen LogP contribution in [0.4, 0.5) is 0 Å². The lowest BCUT2D eigenvalue weighted by atomic mass is 9.88. The molecule has 0 heterocycles. The minimum Gasteiger partial charge on any atom is -0.353 e. The van der Waals surface area contributed by atoms with Crippen LogP contribution in [0.2, 0.25) is 0 Å². The highest BCUT2D eigenvalue weighted by molar-refractivity contribution is 7.80. The fourth-order valence-electron chi connectivity index (χ4n) is 7.32. The van der Waals surface area contributed by atoms with Gasteiger partial charge in [-0.25, -0.2) is 5.21 Å². The molecule has 0 aliphatic carbocycles. The van der Waals surface area contributed by atoms with E-state index in [2.05, 4.69) is 166 Å². The van der Waals surface area contributed by atoms with E-state index < -0.39 is 5.79 Å².